The Balaban J connectivity index is 1.84. The molecule has 7 heteroatoms. The van der Waals surface area contributed by atoms with Gasteiger partial charge in [0.2, 0.25) is 17.4 Å². The van der Waals surface area contributed by atoms with Gasteiger partial charge in [-0.05, 0) is 36.9 Å². The van der Waals surface area contributed by atoms with Crippen molar-refractivity contribution in [2.24, 2.45) is 11.8 Å². The summed E-state index contributed by atoms with van der Waals surface area (Å²) in [4.78, 5) is 42.6. The number of ether oxygens (including phenoxy) is 1. The second kappa shape index (κ2) is 7.72. The summed E-state index contributed by atoms with van der Waals surface area (Å²) < 4.78 is 5.43. The van der Waals surface area contributed by atoms with Crippen LogP contribution in [0.4, 0.5) is 5.69 Å². The van der Waals surface area contributed by atoms with E-state index in [1.165, 1.54) is 4.90 Å². The summed E-state index contributed by atoms with van der Waals surface area (Å²) in [6, 6.07) is 12.6. The summed E-state index contributed by atoms with van der Waals surface area (Å²) in [7, 11) is 0. The second-order valence-corrected chi connectivity index (χ2v) is 8.55. The van der Waals surface area contributed by atoms with Crippen LogP contribution in [0.25, 0.3) is 0 Å². The standard InChI is InChI=1S/C22H24N2O4S/c1-3-12-22(21(27)28-4-2)17-16(18(23-22)15-11-8-13-29-15)19(25)24(20(17)26)14-9-6-5-7-10-14/h5-11,13,16-18,23H,3-4,12H2,1-2H3/p+1/t16-,17+,18-,22+/m0/s1. The molecule has 2 saturated heterocycles. The van der Waals surface area contributed by atoms with Crippen LogP contribution >= 0.6 is 11.3 Å². The van der Waals surface area contributed by atoms with Gasteiger partial charge in [0.05, 0.1) is 17.2 Å². The number of hydrogen-bond acceptors (Lipinski definition) is 5. The summed E-state index contributed by atoms with van der Waals surface area (Å²) in [5.74, 6) is -2.25. The van der Waals surface area contributed by atoms with E-state index >= 15 is 0 Å². The molecule has 152 valence electrons. The maximum absolute atomic E-state index is 13.6. The summed E-state index contributed by atoms with van der Waals surface area (Å²) in [6.45, 7) is 3.99. The third kappa shape index (κ3) is 3.00. The Morgan fingerprint density at radius 2 is 1.90 bits per heavy atom. The van der Waals surface area contributed by atoms with Gasteiger partial charge in [-0.2, -0.15) is 0 Å². The zero-order valence-corrected chi connectivity index (χ0v) is 17.4. The van der Waals surface area contributed by atoms with Gasteiger partial charge in [0, 0.05) is 6.42 Å². The molecular formula is C22H25N2O4S+. The topological polar surface area (TPSA) is 80.3 Å². The Morgan fingerprint density at radius 1 is 1.14 bits per heavy atom. The van der Waals surface area contributed by atoms with Gasteiger partial charge in [-0.1, -0.05) is 31.2 Å². The van der Waals surface area contributed by atoms with Crippen molar-refractivity contribution in [2.75, 3.05) is 11.5 Å². The van der Waals surface area contributed by atoms with Crippen molar-refractivity contribution < 1.29 is 24.4 Å². The number of hydrogen-bond donors (Lipinski definition) is 1. The highest BCUT2D eigenvalue weighted by atomic mass is 32.1. The molecule has 0 spiro atoms. The van der Waals surface area contributed by atoms with Crippen LogP contribution in [-0.4, -0.2) is 29.9 Å². The first-order chi connectivity index (χ1) is 14.0. The smallest absolute Gasteiger partial charge is 0.368 e. The number of esters is 1. The molecule has 3 heterocycles. The first-order valence-corrected chi connectivity index (χ1v) is 10.9. The summed E-state index contributed by atoms with van der Waals surface area (Å²) in [5.41, 5.74) is -0.531. The van der Waals surface area contributed by atoms with E-state index in [1.807, 2.05) is 35.8 Å². The lowest BCUT2D eigenvalue weighted by molar-refractivity contribution is -0.734. The van der Waals surface area contributed by atoms with Crippen LogP contribution in [0.2, 0.25) is 0 Å². The summed E-state index contributed by atoms with van der Waals surface area (Å²) in [5, 5.41) is 3.90. The lowest BCUT2D eigenvalue weighted by Crippen LogP contribution is -2.98. The molecule has 0 saturated carbocycles. The van der Waals surface area contributed by atoms with Gasteiger partial charge < -0.3 is 10.1 Å². The third-order valence-corrected chi connectivity index (χ3v) is 6.95. The van der Waals surface area contributed by atoms with Crippen LogP contribution in [-0.2, 0) is 19.1 Å². The molecule has 0 radical (unpaired) electrons. The highest BCUT2D eigenvalue weighted by molar-refractivity contribution is 7.10. The van der Waals surface area contributed by atoms with Crippen molar-refractivity contribution >= 4 is 34.8 Å². The fourth-order valence-corrected chi connectivity index (χ4v) is 5.75. The Kier molecular flexibility index (Phi) is 5.27. The van der Waals surface area contributed by atoms with Crippen LogP contribution in [0.15, 0.2) is 47.8 Å². The van der Waals surface area contributed by atoms with Crippen molar-refractivity contribution in [3.05, 3.63) is 52.7 Å². The second-order valence-electron chi connectivity index (χ2n) is 7.57. The predicted molar refractivity (Wildman–Crippen MR) is 109 cm³/mol. The number of amides is 2. The number of quaternary nitrogens is 1. The van der Waals surface area contributed by atoms with Crippen molar-refractivity contribution in [3.8, 4) is 0 Å². The Morgan fingerprint density at radius 3 is 2.52 bits per heavy atom. The number of benzene rings is 1. The molecule has 0 bridgehead atoms. The van der Waals surface area contributed by atoms with Gasteiger partial charge in [0.25, 0.3) is 0 Å². The maximum Gasteiger partial charge on any atom is 0.368 e. The zero-order chi connectivity index (χ0) is 20.6. The molecule has 2 fully saturated rings. The molecule has 0 unspecified atom stereocenters. The van der Waals surface area contributed by atoms with Gasteiger partial charge in [-0.3, -0.25) is 9.59 Å². The minimum Gasteiger partial charge on any atom is -0.461 e. The fourth-order valence-electron chi connectivity index (χ4n) is 4.91. The van der Waals surface area contributed by atoms with Crippen molar-refractivity contribution in [3.63, 3.8) is 0 Å². The van der Waals surface area contributed by atoms with Crippen LogP contribution in [0, 0.1) is 11.8 Å². The molecule has 4 rings (SSSR count). The molecule has 0 aliphatic carbocycles. The number of nitrogens with zero attached hydrogens (tertiary/aromatic N) is 1. The Bertz CT molecular complexity index is 914. The minimum atomic E-state index is -1.08. The molecule has 2 amide bonds. The Labute approximate surface area is 173 Å². The van der Waals surface area contributed by atoms with Crippen molar-refractivity contribution in [1.29, 1.82) is 0 Å². The first kappa shape index (κ1) is 19.8. The lowest BCUT2D eigenvalue weighted by Gasteiger charge is -2.29. The largest absolute Gasteiger partial charge is 0.461 e. The highest BCUT2D eigenvalue weighted by Gasteiger charge is 2.72. The van der Waals surface area contributed by atoms with E-state index in [0.717, 1.165) is 4.88 Å². The fraction of sp³-hybridized carbons (Fsp3) is 0.409. The number of thiophene rings is 1. The number of para-hydroxylation sites is 1. The molecule has 2 N–H and O–H groups in total. The molecule has 2 aromatic rings. The minimum absolute atomic E-state index is 0.233. The van der Waals surface area contributed by atoms with E-state index in [-0.39, 0.29) is 24.5 Å². The average Bonchev–Trinajstić information content (AvgIpc) is 3.41. The van der Waals surface area contributed by atoms with Gasteiger partial charge in [-0.25, -0.2) is 9.69 Å². The van der Waals surface area contributed by atoms with Gasteiger partial charge >= 0.3 is 5.97 Å². The van der Waals surface area contributed by atoms with E-state index in [1.54, 1.807) is 42.5 Å². The number of nitrogens with two attached hydrogens (primary N) is 1. The lowest BCUT2D eigenvalue weighted by atomic mass is 9.77. The number of fused-ring (bicyclic) bond motifs is 1. The van der Waals surface area contributed by atoms with Crippen LogP contribution in [0.3, 0.4) is 0 Å². The predicted octanol–water partition coefficient (Wildman–Crippen LogP) is 2.27. The van der Waals surface area contributed by atoms with Crippen LogP contribution in [0.1, 0.15) is 37.6 Å². The van der Waals surface area contributed by atoms with E-state index in [4.69, 9.17) is 4.74 Å². The molecule has 1 aromatic carbocycles. The highest BCUT2D eigenvalue weighted by Crippen LogP contribution is 2.47. The monoisotopic (exact) mass is 413 g/mol. The van der Waals surface area contributed by atoms with E-state index in [9.17, 15) is 14.4 Å². The zero-order valence-electron chi connectivity index (χ0n) is 16.5. The number of carbonyl (C=O) groups excluding carboxylic acids is 3. The number of carbonyl (C=O) groups is 3. The SMILES string of the molecule is CCC[C@@]1(C(=O)OCC)[NH2+][C@@H](c2cccs2)[C@H]2C(=O)N(c3ccccc3)C(=O)[C@@H]21. The average molecular weight is 414 g/mol. The molecule has 29 heavy (non-hydrogen) atoms. The molecule has 2 aliphatic rings. The molecule has 1 aromatic heterocycles. The summed E-state index contributed by atoms with van der Waals surface area (Å²) >= 11 is 1.55. The van der Waals surface area contributed by atoms with E-state index in [0.29, 0.717) is 18.5 Å². The van der Waals surface area contributed by atoms with Gasteiger partial charge in [0.1, 0.15) is 17.9 Å². The normalized spacial score (nSPS) is 28.6. The quantitative estimate of drug-likeness (QED) is 0.582. The van der Waals surface area contributed by atoms with Gasteiger partial charge in [-0.15, -0.1) is 11.3 Å². The number of imide groups is 1. The number of rotatable bonds is 6. The molecule has 2 aliphatic heterocycles. The summed E-state index contributed by atoms with van der Waals surface area (Å²) in [6.07, 6.45) is 1.19. The third-order valence-electron chi connectivity index (χ3n) is 5.98. The molecular weight excluding hydrogens is 388 g/mol. The van der Waals surface area contributed by atoms with Crippen molar-refractivity contribution in [2.45, 2.75) is 38.3 Å². The van der Waals surface area contributed by atoms with Crippen molar-refractivity contribution in [1.82, 2.24) is 0 Å². The number of anilines is 1. The van der Waals surface area contributed by atoms with Gasteiger partial charge in [0.15, 0.2) is 0 Å². The Hall–Kier alpha value is -2.51. The van der Waals surface area contributed by atoms with Crippen LogP contribution < -0.4 is 10.2 Å². The first-order valence-electron chi connectivity index (χ1n) is 10.0. The van der Waals surface area contributed by atoms with E-state index < -0.39 is 23.3 Å². The maximum atomic E-state index is 13.6. The van der Waals surface area contributed by atoms with Crippen LogP contribution in [0.5, 0.6) is 0 Å². The molecule has 4 atom stereocenters. The molecule has 6 nitrogen and oxygen atoms in total. The van der Waals surface area contributed by atoms with E-state index in [2.05, 4.69) is 0 Å².